The number of hydrogen-bond donors (Lipinski definition) is 1. The van der Waals surface area contributed by atoms with E-state index in [1.165, 1.54) is 11.8 Å². The average Bonchev–Trinajstić information content (AvgIpc) is 2.88. The zero-order chi connectivity index (χ0) is 18.7. The maximum absolute atomic E-state index is 12.5. The minimum absolute atomic E-state index is 0.0816. The summed E-state index contributed by atoms with van der Waals surface area (Å²) in [5.41, 5.74) is 2.75. The number of amides is 1. The zero-order valence-electron chi connectivity index (χ0n) is 14.9. The summed E-state index contributed by atoms with van der Waals surface area (Å²) in [6, 6.07) is 12.9. The lowest BCUT2D eigenvalue weighted by atomic mass is 10.2. The Bertz CT molecular complexity index is 888. The molecule has 1 N–H and O–H groups in total. The molecule has 1 aliphatic rings. The van der Waals surface area contributed by atoms with E-state index in [-0.39, 0.29) is 11.7 Å². The van der Waals surface area contributed by atoms with Gasteiger partial charge in [0.2, 0.25) is 0 Å². The van der Waals surface area contributed by atoms with E-state index in [2.05, 4.69) is 4.99 Å². The molecule has 1 amide bonds. The number of phenolic OH excluding ortho intramolecular Hbond substituents is 1. The number of amidine groups is 1. The van der Waals surface area contributed by atoms with Crippen LogP contribution in [0.2, 0.25) is 0 Å². The van der Waals surface area contributed by atoms with Gasteiger partial charge in [0.1, 0.15) is 0 Å². The maximum Gasteiger partial charge on any atom is 0.266 e. The fourth-order valence-corrected chi connectivity index (χ4v) is 3.41. The summed E-state index contributed by atoms with van der Waals surface area (Å²) in [5, 5.41) is 10.4. The van der Waals surface area contributed by atoms with E-state index in [4.69, 9.17) is 4.74 Å². The van der Waals surface area contributed by atoms with E-state index < -0.39 is 0 Å². The molecule has 6 heteroatoms. The van der Waals surface area contributed by atoms with Crippen LogP contribution in [0.25, 0.3) is 6.08 Å². The monoisotopic (exact) mass is 368 g/mol. The molecule has 0 saturated carbocycles. The van der Waals surface area contributed by atoms with E-state index in [1.807, 2.05) is 38.1 Å². The van der Waals surface area contributed by atoms with Crippen molar-refractivity contribution in [2.45, 2.75) is 13.8 Å². The van der Waals surface area contributed by atoms with Gasteiger partial charge in [-0.3, -0.25) is 9.69 Å². The summed E-state index contributed by atoms with van der Waals surface area (Å²) in [4.78, 5) is 19.2. The molecule has 1 saturated heterocycles. The van der Waals surface area contributed by atoms with Crippen molar-refractivity contribution in [2.75, 3.05) is 13.7 Å². The normalized spacial score (nSPS) is 17.3. The summed E-state index contributed by atoms with van der Waals surface area (Å²) >= 11 is 1.33. The highest BCUT2D eigenvalue weighted by Crippen LogP contribution is 2.34. The molecule has 0 aromatic heterocycles. The Morgan fingerprint density at radius 1 is 1.23 bits per heavy atom. The van der Waals surface area contributed by atoms with Gasteiger partial charge in [0.15, 0.2) is 16.7 Å². The molecule has 0 bridgehead atoms. The quantitative estimate of drug-likeness (QED) is 0.816. The summed E-state index contributed by atoms with van der Waals surface area (Å²) in [7, 11) is 1.71. The number of thioether (sulfide) groups is 1. The first-order valence-electron chi connectivity index (χ1n) is 8.26. The molecule has 5 nitrogen and oxygen atoms in total. The van der Waals surface area contributed by atoms with Crippen LogP contribution in [0.3, 0.4) is 0 Å². The zero-order valence-corrected chi connectivity index (χ0v) is 15.7. The van der Waals surface area contributed by atoms with Crippen molar-refractivity contribution >= 4 is 34.6 Å². The van der Waals surface area contributed by atoms with Crippen molar-refractivity contribution in [3.05, 3.63) is 58.5 Å². The van der Waals surface area contributed by atoms with Crippen LogP contribution in [-0.2, 0) is 4.79 Å². The molecule has 0 atom stereocenters. The van der Waals surface area contributed by atoms with Gasteiger partial charge in [-0.2, -0.15) is 0 Å². The van der Waals surface area contributed by atoms with Gasteiger partial charge in [0, 0.05) is 7.05 Å². The molecular weight excluding hydrogens is 348 g/mol. The van der Waals surface area contributed by atoms with Gasteiger partial charge in [0.05, 0.1) is 17.2 Å². The van der Waals surface area contributed by atoms with Crippen molar-refractivity contribution in [3.63, 3.8) is 0 Å². The second-order valence-electron chi connectivity index (χ2n) is 5.86. The highest BCUT2D eigenvalue weighted by atomic mass is 32.2. The van der Waals surface area contributed by atoms with Gasteiger partial charge < -0.3 is 9.84 Å². The molecule has 134 valence electrons. The molecule has 1 aliphatic heterocycles. The van der Waals surface area contributed by atoms with Crippen LogP contribution >= 0.6 is 11.8 Å². The standard InChI is InChI=1S/C20H20N2O3S/c1-4-25-17-11-14(7-10-16(17)23)12-18-19(24)22(3)20(26-18)21-15-8-5-13(2)6-9-15/h5-12,23H,4H2,1-3H3. The van der Waals surface area contributed by atoms with Gasteiger partial charge in [-0.05, 0) is 61.5 Å². The number of rotatable bonds is 4. The third-order valence-corrected chi connectivity index (χ3v) is 4.90. The smallest absolute Gasteiger partial charge is 0.266 e. The summed E-state index contributed by atoms with van der Waals surface area (Å²) in [6.45, 7) is 4.33. The van der Waals surface area contributed by atoms with Crippen molar-refractivity contribution < 1.29 is 14.6 Å². The Morgan fingerprint density at radius 2 is 1.96 bits per heavy atom. The highest BCUT2D eigenvalue weighted by molar-refractivity contribution is 8.18. The first-order valence-corrected chi connectivity index (χ1v) is 9.08. The van der Waals surface area contributed by atoms with Gasteiger partial charge in [0.25, 0.3) is 5.91 Å². The minimum atomic E-state index is -0.105. The third-order valence-electron chi connectivity index (χ3n) is 3.84. The van der Waals surface area contributed by atoms with Crippen LogP contribution in [-0.4, -0.2) is 34.7 Å². The third kappa shape index (κ3) is 3.91. The number of phenols is 1. The van der Waals surface area contributed by atoms with Gasteiger partial charge >= 0.3 is 0 Å². The fourth-order valence-electron chi connectivity index (χ4n) is 2.42. The van der Waals surface area contributed by atoms with Gasteiger partial charge in [-0.15, -0.1) is 0 Å². The number of hydrogen-bond acceptors (Lipinski definition) is 5. The molecule has 1 heterocycles. The molecule has 0 unspecified atom stereocenters. The second-order valence-corrected chi connectivity index (χ2v) is 6.87. The lowest BCUT2D eigenvalue weighted by molar-refractivity contribution is -0.121. The second kappa shape index (κ2) is 7.66. The van der Waals surface area contributed by atoms with Crippen molar-refractivity contribution in [2.24, 2.45) is 4.99 Å². The van der Waals surface area contributed by atoms with E-state index >= 15 is 0 Å². The summed E-state index contributed by atoms with van der Waals surface area (Å²) < 4.78 is 5.39. The number of likely N-dealkylation sites (N-methyl/N-ethyl adjacent to an activating group) is 1. The number of nitrogens with zero attached hydrogens (tertiary/aromatic N) is 2. The van der Waals surface area contributed by atoms with Crippen molar-refractivity contribution in [3.8, 4) is 11.5 Å². The number of aromatic hydroxyl groups is 1. The topological polar surface area (TPSA) is 62.1 Å². The Kier molecular flexibility index (Phi) is 5.32. The number of aryl methyl sites for hydroxylation is 1. The number of benzene rings is 2. The number of carbonyl (C=O) groups excluding carboxylic acids is 1. The molecule has 26 heavy (non-hydrogen) atoms. The number of aliphatic imine (C=N–C) groups is 1. The van der Waals surface area contributed by atoms with Crippen LogP contribution in [0.4, 0.5) is 5.69 Å². The molecular formula is C20H20N2O3S. The minimum Gasteiger partial charge on any atom is -0.504 e. The molecule has 0 spiro atoms. The van der Waals surface area contributed by atoms with Crippen molar-refractivity contribution in [1.29, 1.82) is 0 Å². The van der Waals surface area contributed by atoms with Gasteiger partial charge in [-0.1, -0.05) is 23.8 Å². The summed E-state index contributed by atoms with van der Waals surface area (Å²) in [6.07, 6.45) is 1.78. The summed E-state index contributed by atoms with van der Waals surface area (Å²) in [5.74, 6) is 0.379. The molecule has 2 aromatic carbocycles. The number of carbonyl (C=O) groups is 1. The predicted octanol–water partition coefficient (Wildman–Crippen LogP) is 4.33. The van der Waals surface area contributed by atoms with Crippen LogP contribution < -0.4 is 4.74 Å². The molecule has 0 aliphatic carbocycles. The molecule has 3 rings (SSSR count). The molecule has 1 fully saturated rings. The molecule has 2 aromatic rings. The van der Waals surface area contributed by atoms with E-state index in [0.717, 1.165) is 16.8 Å². The number of ether oxygens (including phenoxy) is 1. The van der Waals surface area contributed by atoms with Crippen LogP contribution in [0.5, 0.6) is 11.5 Å². The Hall–Kier alpha value is -2.73. The first kappa shape index (κ1) is 18.1. The lowest BCUT2D eigenvalue weighted by Gasteiger charge is -2.07. The average molecular weight is 368 g/mol. The van der Waals surface area contributed by atoms with Gasteiger partial charge in [-0.25, -0.2) is 4.99 Å². The van der Waals surface area contributed by atoms with E-state index in [9.17, 15) is 9.90 Å². The van der Waals surface area contributed by atoms with Crippen molar-refractivity contribution in [1.82, 2.24) is 4.90 Å². The predicted molar refractivity (Wildman–Crippen MR) is 106 cm³/mol. The maximum atomic E-state index is 12.5. The largest absolute Gasteiger partial charge is 0.504 e. The first-order chi connectivity index (χ1) is 12.5. The van der Waals surface area contributed by atoms with Crippen LogP contribution in [0, 0.1) is 6.92 Å². The Labute approximate surface area is 157 Å². The molecule has 0 radical (unpaired) electrons. The fraction of sp³-hybridized carbons (Fsp3) is 0.200. The van der Waals surface area contributed by atoms with Crippen LogP contribution in [0.1, 0.15) is 18.1 Å². The lowest BCUT2D eigenvalue weighted by Crippen LogP contribution is -2.23. The van der Waals surface area contributed by atoms with Crippen LogP contribution in [0.15, 0.2) is 52.4 Å². The Balaban J connectivity index is 1.87. The van der Waals surface area contributed by atoms with E-state index in [0.29, 0.717) is 22.4 Å². The SMILES string of the molecule is CCOc1cc(C=C2SC(=Nc3ccc(C)cc3)N(C)C2=O)ccc1O. The Morgan fingerprint density at radius 3 is 2.65 bits per heavy atom. The highest BCUT2D eigenvalue weighted by Gasteiger charge is 2.30. The van der Waals surface area contributed by atoms with E-state index in [1.54, 1.807) is 36.2 Å².